The lowest BCUT2D eigenvalue weighted by Crippen LogP contribution is -2.27. The second-order valence-electron chi connectivity index (χ2n) is 5.93. The summed E-state index contributed by atoms with van der Waals surface area (Å²) in [6, 6.07) is 13.6. The molecule has 1 aliphatic rings. The van der Waals surface area contributed by atoms with Gasteiger partial charge < -0.3 is 4.74 Å². The normalized spacial score (nSPS) is 16.9. The van der Waals surface area contributed by atoms with Gasteiger partial charge in [0.2, 0.25) is 0 Å². The number of nitrogens with zero attached hydrogens (tertiary/aromatic N) is 3. The first-order valence-electron chi connectivity index (χ1n) is 8.16. The smallest absolute Gasteiger partial charge is 0.274 e. The van der Waals surface area contributed by atoms with Crippen LogP contribution in [0.25, 0.3) is 16.9 Å². The number of benzene rings is 2. The van der Waals surface area contributed by atoms with Crippen LogP contribution in [0.15, 0.2) is 59.2 Å². The predicted octanol–water partition coefficient (Wildman–Crippen LogP) is 3.86. The first-order valence-corrected chi connectivity index (χ1v) is 8.95. The number of rotatable bonds is 4. The minimum atomic E-state index is -0.730. The number of hydrogen-bond donors (Lipinski definition) is 0. The summed E-state index contributed by atoms with van der Waals surface area (Å²) < 4.78 is 21.6. The van der Waals surface area contributed by atoms with Crippen molar-refractivity contribution in [2.75, 3.05) is 13.7 Å². The highest BCUT2D eigenvalue weighted by Gasteiger charge is 2.37. The minimum absolute atomic E-state index is 0.0785. The maximum absolute atomic E-state index is 13.4. The van der Waals surface area contributed by atoms with Gasteiger partial charge in [-0.15, -0.1) is 0 Å². The van der Waals surface area contributed by atoms with Crippen molar-refractivity contribution in [3.05, 3.63) is 70.6 Å². The number of halogens is 2. The van der Waals surface area contributed by atoms with Gasteiger partial charge in [0, 0.05) is 21.8 Å². The van der Waals surface area contributed by atoms with Crippen molar-refractivity contribution in [2.45, 2.75) is 6.23 Å². The summed E-state index contributed by atoms with van der Waals surface area (Å²) in [6.45, 7) is -0.0785. The average molecular weight is 432 g/mol. The van der Waals surface area contributed by atoms with Crippen molar-refractivity contribution in [2.24, 2.45) is 0 Å². The number of ether oxygens (including phenoxy) is 1. The Hall–Kier alpha value is -2.55. The predicted molar refractivity (Wildman–Crippen MR) is 99.2 cm³/mol. The van der Waals surface area contributed by atoms with E-state index in [0.29, 0.717) is 16.8 Å². The van der Waals surface area contributed by atoms with E-state index >= 15 is 0 Å². The molecule has 1 fully saturated rings. The fourth-order valence-electron chi connectivity index (χ4n) is 2.95. The van der Waals surface area contributed by atoms with Gasteiger partial charge in [-0.3, -0.25) is 9.63 Å². The molecule has 1 amide bonds. The van der Waals surface area contributed by atoms with Crippen molar-refractivity contribution in [3.8, 4) is 16.9 Å². The average Bonchev–Trinajstić information content (AvgIpc) is 3.26. The molecule has 6 nitrogen and oxygen atoms in total. The standard InChI is InChI=1S/C19H15BrFN3O3/c1-26-24-17(25)11-27-19(24)16-10-23(15-8-4-13(20)5-9-15)22-18(16)12-2-6-14(21)7-3-12/h2-10,19H,11H2,1H3/t19-/m0/s1. The Balaban J connectivity index is 1.83. The number of carbonyl (C=O) groups excluding carboxylic acids is 1. The highest BCUT2D eigenvalue weighted by Crippen LogP contribution is 2.35. The second-order valence-corrected chi connectivity index (χ2v) is 6.84. The fourth-order valence-corrected chi connectivity index (χ4v) is 3.22. The Morgan fingerprint density at radius 3 is 2.56 bits per heavy atom. The molecule has 8 heteroatoms. The molecule has 0 radical (unpaired) electrons. The lowest BCUT2D eigenvalue weighted by Gasteiger charge is -2.19. The lowest BCUT2D eigenvalue weighted by atomic mass is 10.1. The van der Waals surface area contributed by atoms with Crippen molar-refractivity contribution in [1.82, 2.24) is 14.8 Å². The van der Waals surface area contributed by atoms with Gasteiger partial charge in [0.1, 0.15) is 18.1 Å². The van der Waals surface area contributed by atoms with Gasteiger partial charge in [0.15, 0.2) is 6.23 Å². The molecule has 138 valence electrons. The topological polar surface area (TPSA) is 56.6 Å². The zero-order valence-electron chi connectivity index (χ0n) is 14.3. The Morgan fingerprint density at radius 1 is 1.19 bits per heavy atom. The van der Waals surface area contributed by atoms with Crippen molar-refractivity contribution >= 4 is 21.8 Å². The summed E-state index contributed by atoms with van der Waals surface area (Å²) >= 11 is 3.41. The van der Waals surface area contributed by atoms with E-state index in [1.54, 1.807) is 23.0 Å². The maximum atomic E-state index is 13.4. The number of hydrogen-bond acceptors (Lipinski definition) is 4. The van der Waals surface area contributed by atoms with E-state index in [-0.39, 0.29) is 18.3 Å². The summed E-state index contributed by atoms with van der Waals surface area (Å²) in [5.74, 6) is -0.609. The molecular weight excluding hydrogens is 417 g/mol. The fraction of sp³-hybridized carbons (Fsp3) is 0.158. The molecule has 2 heterocycles. The first kappa shape index (κ1) is 17.8. The summed E-state index contributed by atoms with van der Waals surface area (Å²) in [6.07, 6.45) is 1.06. The third-order valence-corrected chi connectivity index (χ3v) is 4.77. The first-order chi connectivity index (χ1) is 13.1. The molecule has 27 heavy (non-hydrogen) atoms. The van der Waals surface area contributed by atoms with Gasteiger partial charge in [-0.1, -0.05) is 15.9 Å². The zero-order chi connectivity index (χ0) is 19.0. The van der Waals surface area contributed by atoms with Gasteiger partial charge in [-0.2, -0.15) is 10.2 Å². The molecule has 4 rings (SSSR count). The van der Waals surface area contributed by atoms with E-state index in [2.05, 4.69) is 21.0 Å². The third-order valence-electron chi connectivity index (χ3n) is 4.24. The Morgan fingerprint density at radius 2 is 1.89 bits per heavy atom. The maximum Gasteiger partial charge on any atom is 0.274 e. The van der Waals surface area contributed by atoms with Gasteiger partial charge in [0.25, 0.3) is 5.91 Å². The summed E-state index contributed by atoms with van der Waals surface area (Å²) in [7, 11) is 1.41. The summed E-state index contributed by atoms with van der Waals surface area (Å²) in [5, 5.41) is 5.83. The Bertz CT molecular complexity index is 973. The van der Waals surface area contributed by atoms with E-state index in [1.165, 1.54) is 24.3 Å². The van der Waals surface area contributed by atoms with Crippen molar-refractivity contribution < 1.29 is 18.8 Å². The molecule has 0 aliphatic carbocycles. The minimum Gasteiger partial charge on any atom is -0.342 e. The summed E-state index contributed by atoms with van der Waals surface area (Å²) in [4.78, 5) is 17.2. The van der Waals surface area contributed by atoms with Gasteiger partial charge in [-0.25, -0.2) is 9.07 Å². The molecule has 0 spiro atoms. The number of aromatic nitrogens is 2. The molecule has 0 bridgehead atoms. The van der Waals surface area contributed by atoms with Crippen LogP contribution in [0.3, 0.4) is 0 Å². The molecule has 0 saturated carbocycles. The van der Waals surface area contributed by atoms with Gasteiger partial charge >= 0.3 is 0 Å². The van der Waals surface area contributed by atoms with E-state index in [0.717, 1.165) is 10.2 Å². The molecule has 0 unspecified atom stereocenters. The van der Waals surface area contributed by atoms with Crippen molar-refractivity contribution in [1.29, 1.82) is 0 Å². The van der Waals surface area contributed by atoms with Crippen LogP contribution in [0.2, 0.25) is 0 Å². The zero-order valence-corrected chi connectivity index (χ0v) is 15.9. The molecule has 2 aromatic carbocycles. The van der Waals surface area contributed by atoms with Crippen LogP contribution in [0.1, 0.15) is 11.8 Å². The van der Waals surface area contributed by atoms with Gasteiger partial charge in [-0.05, 0) is 48.5 Å². The van der Waals surface area contributed by atoms with Crippen LogP contribution in [-0.4, -0.2) is 34.5 Å². The van der Waals surface area contributed by atoms with E-state index < -0.39 is 6.23 Å². The Labute approximate surface area is 163 Å². The summed E-state index contributed by atoms with van der Waals surface area (Å²) in [5.41, 5.74) is 2.78. The molecular formula is C19H15BrFN3O3. The van der Waals surface area contributed by atoms with Crippen LogP contribution >= 0.6 is 15.9 Å². The molecule has 1 aromatic heterocycles. The lowest BCUT2D eigenvalue weighted by molar-refractivity contribution is -0.195. The highest BCUT2D eigenvalue weighted by atomic mass is 79.9. The van der Waals surface area contributed by atoms with Crippen molar-refractivity contribution in [3.63, 3.8) is 0 Å². The third kappa shape index (κ3) is 3.39. The number of carbonyl (C=O) groups is 1. The van der Waals surface area contributed by atoms with Crippen LogP contribution in [0.5, 0.6) is 0 Å². The second kappa shape index (κ2) is 7.22. The van der Waals surface area contributed by atoms with E-state index in [1.807, 2.05) is 24.3 Å². The number of hydroxylamine groups is 2. The molecule has 1 saturated heterocycles. The van der Waals surface area contributed by atoms with Crippen LogP contribution in [0.4, 0.5) is 4.39 Å². The Kier molecular flexibility index (Phi) is 4.77. The molecule has 1 aliphatic heterocycles. The monoisotopic (exact) mass is 431 g/mol. The van der Waals surface area contributed by atoms with Gasteiger partial charge in [0.05, 0.1) is 12.8 Å². The largest absolute Gasteiger partial charge is 0.342 e. The van der Waals surface area contributed by atoms with Crippen LogP contribution in [0, 0.1) is 5.82 Å². The number of amides is 1. The van der Waals surface area contributed by atoms with E-state index in [4.69, 9.17) is 9.57 Å². The molecule has 1 atom stereocenters. The van der Waals surface area contributed by atoms with Crippen LogP contribution < -0.4 is 0 Å². The quantitative estimate of drug-likeness (QED) is 0.629. The van der Waals surface area contributed by atoms with Crippen LogP contribution in [-0.2, 0) is 14.4 Å². The highest BCUT2D eigenvalue weighted by molar-refractivity contribution is 9.10. The molecule has 0 N–H and O–H groups in total. The van der Waals surface area contributed by atoms with E-state index in [9.17, 15) is 9.18 Å². The SMILES string of the molecule is CON1C(=O)CO[C@H]1c1cn(-c2ccc(Br)cc2)nc1-c1ccc(F)cc1. The molecule has 3 aromatic rings.